The third-order valence-electron chi connectivity index (χ3n) is 8.14. The lowest BCUT2D eigenvalue weighted by Crippen LogP contribution is -2.58. The number of amides is 2. The summed E-state index contributed by atoms with van der Waals surface area (Å²) in [5.74, 6) is 2.83. The third kappa shape index (κ3) is 3.29. The van der Waals surface area contributed by atoms with E-state index >= 15 is 0 Å². The van der Waals surface area contributed by atoms with Crippen LogP contribution < -0.4 is 5.73 Å². The number of hydrogen-bond acceptors (Lipinski definition) is 3. The second kappa shape index (κ2) is 7.22. The molecule has 2 heterocycles. The summed E-state index contributed by atoms with van der Waals surface area (Å²) in [5, 5.41) is 0. The first-order chi connectivity index (χ1) is 12.5. The summed E-state index contributed by atoms with van der Waals surface area (Å²) in [7, 11) is 0. The average Bonchev–Trinajstić information content (AvgIpc) is 3.09. The molecule has 27 heavy (non-hydrogen) atoms. The van der Waals surface area contributed by atoms with Crippen molar-refractivity contribution in [2.45, 2.75) is 76.3 Å². The van der Waals surface area contributed by atoms with Gasteiger partial charge < -0.3 is 15.5 Å². The fraction of sp³-hybridized carbons (Fsp3) is 0.905. The zero-order chi connectivity index (χ0) is 17.9. The van der Waals surface area contributed by atoms with Crippen molar-refractivity contribution in [3.63, 3.8) is 0 Å². The minimum absolute atomic E-state index is 0. The number of piperidine rings is 1. The Hall–Kier alpha value is -0.810. The predicted octanol–water partition coefficient (Wildman–Crippen LogP) is 2.57. The number of hydrogen-bond donors (Lipinski definition) is 1. The largest absolute Gasteiger partial charge is 0.341 e. The lowest BCUT2D eigenvalue weighted by atomic mass is 9.49. The van der Waals surface area contributed by atoms with Gasteiger partial charge in [-0.25, -0.2) is 0 Å². The number of nitrogens with two attached hydrogens (primary N) is 1. The van der Waals surface area contributed by atoms with Crippen LogP contribution in [0.4, 0.5) is 0 Å². The van der Waals surface area contributed by atoms with Gasteiger partial charge in [0.25, 0.3) is 0 Å². The van der Waals surface area contributed by atoms with Crippen LogP contribution in [-0.2, 0) is 9.59 Å². The van der Waals surface area contributed by atoms with Gasteiger partial charge >= 0.3 is 0 Å². The zero-order valence-corrected chi connectivity index (χ0v) is 17.1. The molecule has 2 aliphatic heterocycles. The van der Waals surface area contributed by atoms with Crippen LogP contribution >= 0.6 is 12.4 Å². The Balaban J connectivity index is 0.00000180. The molecular formula is C21H34ClN3O2. The van der Waals surface area contributed by atoms with Gasteiger partial charge in [-0.15, -0.1) is 12.4 Å². The van der Waals surface area contributed by atoms with E-state index in [1.807, 2.05) is 9.80 Å². The fourth-order valence-corrected chi connectivity index (χ4v) is 7.27. The maximum Gasteiger partial charge on any atom is 0.245 e. The van der Waals surface area contributed by atoms with Gasteiger partial charge in [0.05, 0.1) is 5.41 Å². The molecule has 0 aromatic rings. The maximum absolute atomic E-state index is 13.7. The highest BCUT2D eigenvalue weighted by molar-refractivity contribution is 5.91. The van der Waals surface area contributed by atoms with Crippen molar-refractivity contribution in [2.75, 3.05) is 19.6 Å². The van der Waals surface area contributed by atoms with Crippen LogP contribution in [0.3, 0.4) is 0 Å². The van der Waals surface area contributed by atoms with Crippen LogP contribution in [0.15, 0.2) is 0 Å². The Kier molecular flexibility index (Phi) is 5.21. The van der Waals surface area contributed by atoms with Gasteiger partial charge in [0, 0.05) is 25.7 Å². The van der Waals surface area contributed by atoms with E-state index in [4.69, 9.17) is 5.73 Å². The number of rotatable bonds is 2. The Morgan fingerprint density at radius 3 is 1.96 bits per heavy atom. The Bertz CT molecular complexity index is 567. The van der Waals surface area contributed by atoms with E-state index < -0.39 is 0 Å². The molecule has 2 saturated heterocycles. The molecule has 6 fully saturated rings. The molecule has 0 radical (unpaired) electrons. The molecule has 1 unspecified atom stereocenters. The van der Waals surface area contributed by atoms with Gasteiger partial charge in [-0.3, -0.25) is 9.59 Å². The van der Waals surface area contributed by atoms with E-state index in [1.54, 1.807) is 0 Å². The standard InChI is InChI=1S/C21H33N3O2.ClH/c22-17-3-6-23(7-4-17)19(25)18-2-1-5-24(18)20(26)21-11-14-8-15(12-21)10-16(9-14)13-21;/h14-18H,1-13,22H2;1H. The van der Waals surface area contributed by atoms with Crippen molar-refractivity contribution in [1.82, 2.24) is 9.80 Å². The molecule has 4 saturated carbocycles. The molecule has 6 heteroatoms. The Morgan fingerprint density at radius 2 is 1.41 bits per heavy atom. The molecule has 1 atom stereocenters. The molecule has 2 amide bonds. The van der Waals surface area contributed by atoms with Crippen molar-refractivity contribution < 1.29 is 9.59 Å². The SMILES string of the molecule is Cl.NC1CCN(C(=O)C2CCCN2C(=O)C23CC4CC(CC(C4)C2)C3)CC1. The van der Waals surface area contributed by atoms with Crippen molar-refractivity contribution in [3.8, 4) is 0 Å². The topological polar surface area (TPSA) is 66.6 Å². The molecular weight excluding hydrogens is 362 g/mol. The first-order valence-corrected chi connectivity index (χ1v) is 10.9. The van der Waals surface area contributed by atoms with Crippen molar-refractivity contribution in [3.05, 3.63) is 0 Å². The number of carbonyl (C=O) groups excluding carboxylic acids is 2. The highest BCUT2D eigenvalue weighted by Gasteiger charge is 2.57. The molecule has 0 aromatic heterocycles. The van der Waals surface area contributed by atoms with E-state index in [1.165, 1.54) is 19.3 Å². The monoisotopic (exact) mass is 395 g/mol. The van der Waals surface area contributed by atoms with Crippen LogP contribution in [0.5, 0.6) is 0 Å². The highest BCUT2D eigenvalue weighted by atomic mass is 35.5. The molecule has 5 nitrogen and oxygen atoms in total. The zero-order valence-electron chi connectivity index (χ0n) is 16.3. The lowest BCUT2D eigenvalue weighted by Gasteiger charge is -2.56. The van der Waals surface area contributed by atoms with Crippen LogP contribution in [0.25, 0.3) is 0 Å². The second-order valence-electron chi connectivity index (χ2n) is 10.0. The van der Waals surface area contributed by atoms with E-state index in [2.05, 4.69) is 0 Å². The Morgan fingerprint density at radius 1 is 0.852 bits per heavy atom. The molecule has 4 bridgehead atoms. The van der Waals surface area contributed by atoms with Gasteiger partial charge in [0.1, 0.15) is 6.04 Å². The summed E-state index contributed by atoms with van der Waals surface area (Å²) < 4.78 is 0. The summed E-state index contributed by atoms with van der Waals surface area (Å²) in [5.41, 5.74) is 5.87. The third-order valence-corrected chi connectivity index (χ3v) is 8.14. The first-order valence-electron chi connectivity index (χ1n) is 10.9. The minimum Gasteiger partial charge on any atom is -0.341 e. The minimum atomic E-state index is -0.204. The smallest absolute Gasteiger partial charge is 0.245 e. The summed E-state index contributed by atoms with van der Waals surface area (Å²) in [6.45, 7) is 2.30. The van der Waals surface area contributed by atoms with E-state index in [-0.39, 0.29) is 35.8 Å². The van der Waals surface area contributed by atoms with Gasteiger partial charge in [-0.2, -0.15) is 0 Å². The fourth-order valence-electron chi connectivity index (χ4n) is 7.27. The molecule has 4 aliphatic carbocycles. The van der Waals surface area contributed by atoms with Gasteiger partial charge in [0.2, 0.25) is 11.8 Å². The lowest BCUT2D eigenvalue weighted by molar-refractivity contribution is -0.162. The second-order valence-corrected chi connectivity index (χ2v) is 10.0. The van der Waals surface area contributed by atoms with Gasteiger partial charge in [-0.05, 0) is 82.0 Å². The molecule has 6 rings (SSSR count). The van der Waals surface area contributed by atoms with Gasteiger partial charge in [-0.1, -0.05) is 0 Å². The number of carbonyl (C=O) groups is 2. The molecule has 0 spiro atoms. The van der Waals surface area contributed by atoms with E-state index in [0.717, 1.165) is 82.3 Å². The average molecular weight is 396 g/mol. The van der Waals surface area contributed by atoms with Crippen molar-refractivity contribution >= 4 is 24.2 Å². The predicted molar refractivity (Wildman–Crippen MR) is 106 cm³/mol. The van der Waals surface area contributed by atoms with Crippen molar-refractivity contribution in [2.24, 2.45) is 28.9 Å². The van der Waals surface area contributed by atoms with Crippen LogP contribution in [0, 0.1) is 23.2 Å². The summed E-state index contributed by atoms with van der Waals surface area (Å²) in [6.07, 6.45) is 10.9. The normalized spacial score (nSPS) is 40.9. The van der Waals surface area contributed by atoms with E-state index in [9.17, 15) is 9.59 Å². The van der Waals surface area contributed by atoms with Gasteiger partial charge in [0.15, 0.2) is 0 Å². The summed E-state index contributed by atoms with van der Waals surface area (Å²) in [4.78, 5) is 30.8. The molecule has 6 aliphatic rings. The van der Waals surface area contributed by atoms with Crippen LogP contribution in [0.2, 0.25) is 0 Å². The summed E-state index contributed by atoms with van der Waals surface area (Å²) in [6, 6.07) is 0.0252. The molecule has 152 valence electrons. The summed E-state index contributed by atoms with van der Waals surface area (Å²) >= 11 is 0. The number of halogens is 1. The molecule has 2 N–H and O–H groups in total. The van der Waals surface area contributed by atoms with Crippen molar-refractivity contribution in [1.29, 1.82) is 0 Å². The highest BCUT2D eigenvalue weighted by Crippen LogP contribution is 2.60. The number of likely N-dealkylation sites (tertiary alicyclic amines) is 2. The van der Waals surface area contributed by atoms with Crippen LogP contribution in [-0.4, -0.2) is 53.3 Å². The molecule has 0 aromatic carbocycles. The Labute approximate surface area is 168 Å². The maximum atomic E-state index is 13.7. The van der Waals surface area contributed by atoms with E-state index in [0.29, 0.717) is 5.91 Å². The van der Waals surface area contributed by atoms with Crippen LogP contribution in [0.1, 0.15) is 64.2 Å². The quantitative estimate of drug-likeness (QED) is 0.781. The number of nitrogens with zero attached hydrogens (tertiary/aromatic N) is 2. The first kappa shape index (κ1) is 19.5.